The van der Waals surface area contributed by atoms with Gasteiger partial charge in [-0.05, 0) is 45.0 Å². The lowest BCUT2D eigenvalue weighted by molar-refractivity contribution is 0.0694. The second-order valence-electron chi connectivity index (χ2n) is 6.93. The molecule has 0 aliphatic carbocycles. The molecule has 3 rings (SSSR count). The van der Waals surface area contributed by atoms with E-state index in [0.29, 0.717) is 10.4 Å². The maximum Gasteiger partial charge on any atom is 0.341 e. The van der Waals surface area contributed by atoms with Gasteiger partial charge in [-0.2, -0.15) is 0 Å². The summed E-state index contributed by atoms with van der Waals surface area (Å²) in [4.78, 5) is 25.2. The minimum absolute atomic E-state index is 0.0646. The Bertz CT molecular complexity index is 1050. The van der Waals surface area contributed by atoms with Crippen LogP contribution in [0.25, 0.3) is 10.9 Å². The fraction of sp³-hybridized carbons (Fsp3) is 0.200. The van der Waals surface area contributed by atoms with E-state index in [2.05, 4.69) is 0 Å². The number of fused-ring (bicyclic) bond motifs is 1. The molecule has 0 amide bonds. The van der Waals surface area contributed by atoms with Crippen molar-refractivity contribution in [1.82, 2.24) is 4.57 Å². The van der Waals surface area contributed by atoms with Crippen molar-refractivity contribution in [2.24, 2.45) is 0 Å². The SMILES string of the molecule is CC(C)(C)n1cc(C(=O)O)c(=O)c2cc(F)c(Sc3ccccc3)cc21. The minimum atomic E-state index is -1.32. The molecule has 0 aliphatic heterocycles. The van der Waals surface area contributed by atoms with Crippen LogP contribution in [-0.2, 0) is 5.54 Å². The van der Waals surface area contributed by atoms with E-state index in [1.165, 1.54) is 18.0 Å². The van der Waals surface area contributed by atoms with E-state index in [0.717, 1.165) is 11.0 Å². The Morgan fingerprint density at radius 1 is 1.15 bits per heavy atom. The van der Waals surface area contributed by atoms with Crippen LogP contribution in [0.5, 0.6) is 0 Å². The molecule has 26 heavy (non-hydrogen) atoms. The zero-order valence-electron chi connectivity index (χ0n) is 14.6. The molecule has 134 valence electrons. The molecule has 0 unspecified atom stereocenters. The summed E-state index contributed by atoms with van der Waals surface area (Å²) < 4.78 is 16.3. The molecule has 4 nitrogen and oxygen atoms in total. The Morgan fingerprint density at radius 2 is 1.81 bits per heavy atom. The van der Waals surface area contributed by atoms with E-state index in [1.807, 2.05) is 51.1 Å². The van der Waals surface area contributed by atoms with E-state index in [-0.39, 0.29) is 10.9 Å². The molecule has 1 N–H and O–H groups in total. The molecule has 3 aromatic rings. The molecule has 0 spiro atoms. The monoisotopic (exact) mass is 371 g/mol. The van der Waals surface area contributed by atoms with Crippen molar-refractivity contribution in [1.29, 1.82) is 0 Å². The average molecular weight is 371 g/mol. The Hall–Kier alpha value is -2.60. The van der Waals surface area contributed by atoms with E-state index in [9.17, 15) is 19.1 Å². The predicted molar refractivity (Wildman–Crippen MR) is 101 cm³/mol. The highest BCUT2D eigenvalue weighted by atomic mass is 32.2. The van der Waals surface area contributed by atoms with Gasteiger partial charge in [0.25, 0.3) is 0 Å². The first-order valence-corrected chi connectivity index (χ1v) is 8.86. The van der Waals surface area contributed by atoms with Crippen molar-refractivity contribution < 1.29 is 14.3 Å². The maximum absolute atomic E-state index is 14.6. The van der Waals surface area contributed by atoms with Gasteiger partial charge in [0.15, 0.2) is 0 Å². The lowest BCUT2D eigenvalue weighted by atomic mass is 10.0. The van der Waals surface area contributed by atoms with Crippen LogP contribution in [0.1, 0.15) is 31.1 Å². The third kappa shape index (κ3) is 3.37. The third-order valence-electron chi connectivity index (χ3n) is 3.98. The molecule has 0 saturated heterocycles. The molecule has 0 saturated carbocycles. The number of benzene rings is 2. The standard InChI is InChI=1S/C20H18FNO3S/c1-20(2,3)22-11-14(19(24)25)18(23)13-9-15(21)17(10-16(13)22)26-12-7-5-4-6-8-12/h4-11H,1-3H3,(H,24,25). The number of aromatic nitrogens is 1. The topological polar surface area (TPSA) is 59.3 Å². The molecule has 0 fully saturated rings. The summed E-state index contributed by atoms with van der Waals surface area (Å²) in [6.45, 7) is 5.70. The first-order chi connectivity index (χ1) is 12.2. The lowest BCUT2D eigenvalue weighted by Gasteiger charge is -2.26. The van der Waals surface area contributed by atoms with Gasteiger partial charge < -0.3 is 9.67 Å². The molecule has 0 aliphatic rings. The second-order valence-corrected chi connectivity index (χ2v) is 8.05. The first-order valence-electron chi connectivity index (χ1n) is 8.04. The smallest absolute Gasteiger partial charge is 0.341 e. The van der Waals surface area contributed by atoms with Gasteiger partial charge in [-0.15, -0.1) is 0 Å². The van der Waals surface area contributed by atoms with Gasteiger partial charge in [-0.3, -0.25) is 4.79 Å². The molecular weight excluding hydrogens is 353 g/mol. The molecular formula is C20H18FNO3S. The summed E-state index contributed by atoms with van der Waals surface area (Å²) in [5.41, 5.74) is -1.02. The van der Waals surface area contributed by atoms with Crippen molar-refractivity contribution in [3.05, 3.63) is 70.3 Å². The number of halogens is 1. The van der Waals surface area contributed by atoms with E-state index >= 15 is 0 Å². The fourth-order valence-corrected chi connectivity index (χ4v) is 3.60. The quantitative estimate of drug-likeness (QED) is 0.722. The number of aromatic carboxylic acids is 1. The number of hydrogen-bond acceptors (Lipinski definition) is 3. The van der Waals surface area contributed by atoms with Gasteiger partial charge in [-0.25, -0.2) is 9.18 Å². The van der Waals surface area contributed by atoms with Gasteiger partial charge in [0, 0.05) is 22.0 Å². The number of hydrogen-bond donors (Lipinski definition) is 1. The Labute approximate surface area is 154 Å². The number of rotatable bonds is 3. The van der Waals surface area contributed by atoms with Crippen LogP contribution in [0, 0.1) is 5.82 Å². The third-order valence-corrected chi connectivity index (χ3v) is 5.02. The van der Waals surface area contributed by atoms with Crippen molar-refractivity contribution >= 4 is 28.6 Å². The van der Waals surface area contributed by atoms with Gasteiger partial charge in [-0.1, -0.05) is 30.0 Å². The molecule has 0 atom stereocenters. The molecule has 1 aromatic heterocycles. The van der Waals surface area contributed by atoms with Crippen LogP contribution in [0.3, 0.4) is 0 Å². The largest absolute Gasteiger partial charge is 0.477 e. The summed E-state index contributed by atoms with van der Waals surface area (Å²) >= 11 is 1.26. The normalized spacial score (nSPS) is 11.7. The highest BCUT2D eigenvalue weighted by Crippen LogP contribution is 2.33. The van der Waals surface area contributed by atoms with Crippen LogP contribution in [0.4, 0.5) is 4.39 Å². The second kappa shape index (κ2) is 6.61. The predicted octanol–water partition coefficient (Wildman–Crippen LogP) is 4.75. The zero-order chi connectivity index (χ0) is 19.1. The zero-order valence-corrected chi connectivity index (χ0v) is 15.4. The number of carbonyl (C=O) groups is 1. The molecule has 6 heteroatoms. The lowest BCUT2D eigenvalue weighted by Crippen LogP contribution is -2.27. The summed E-state index contributed by atoms with van der Waals surface area (Å²) in [7, 11) is 0. The Kier molecular flexibility index (Phi) is 4.63. The summed E-state index contributed by atoms with van der Waals surface area (Å²) in [6.07, 6.45) is 1.34. The van der Waals surface area contributed by atoms with Gasteiger partial charge in [0.2, 0.25) is 5.43 Å². The van der Waals surface area contributed by atoms with Crippen LogP contribution in [-0.4, -0.2) is 15.6 Å². The molecule has 1 heterocycles. The van der Waals surface area contributed by atoms with Crippen molar-refractivity contribution in [3.8, 4) is 0 Å². The van der Waals surface area contributed by atoms with E-state index in [4.69, 9.17) is 0 Å². The number of pyridine rings is 1. The number of carboxylic acid groups (broad SMARTS) is 1. The Morgan fingerprint density at radius 3 is 2.38 bits per heavy atom. The summed E-state index contributed by atoms with van der Waals surface area (Å²) in [5.74, 6) is -1.87. The average Bonchev–Trinajstić information content (AvgIpc) is 2.56. The van der Waals surface area contributed by atoms with Gasteiger partial charge in [0.1, 0.15) is 11.4 Å². The van der Waals surface area contributed by atoms with Crippen LogP contribution < -0.4 is 5.43 Å². The molecule has 2 aromatic carbocycles. The van der Waals surface area contributed by atoms with Crippen molar-refractivity contribution in [2.75, 3.05) is 0 Å². The van der Waals surface area contributed by atoms with Crippen molar-refractivity contribution in [3.63, 3.8) is 0 Å². The van der Waals surface area contributed by atoms with E-state index in [1.54, 1.807) is 10.6 Å². The molecule has 0 radical (unpaired) electrons. The van der Waals surface area contributed by atoms with Crippen LogP contribution >= 0.6 is 11.8 Å². The van der Waals surface area contributed by atoms with E-state index < -0.39 is 22.8 Å². The Balaban J connectivity index is 2.30. The highest BCUT2D eigenvalue weighted by Gasteiger charge is 2.22. The van der Waals surface area contributed by atoms with Crippen LogP contribution in [0.2, 0.25) is 0 Å². The maximum atomic E-state index is 14.6. The number of nitrogens with zero attached hydrogens (tertiary/aromatic N) is 1. The van der Waals surface area contributed by atoms with Gasteiger partial charge >= 0.3 is 5.97 Å². The van der Waals surface area contributed by atoms with Crippen LogP contribution in [0.15, 0.2) is 63.2 Å². The van der Waals surface area contributed by atoms with Crippen molar-refractivity contribution in [2.45, 2.75) is 36.1 Å². The molecule has 0 bridgehead atoms. The van der Waals surface area contributed by atoms with Gasteiger partial charge in [0.05, 0.1) is 10.4 Å². The number of carboxylic acids is 1. The minimum Gasteiger partial charge on any atom is -0.477 e. The summed E-state index contributed by atoms with van der Waals surface area (Å²) in [6, 6.07) is 12.1. The fourth-order valence-electron chi connectivity index (χ4n) is 2.73. The highest BCUT2D eigenvalue weighted by molar-refractivity contribution is 7.99. The first kappa shape index (κ1) is 18.2. The summed E-state index contributed by atoms with van der Waals surface area (Å²) in [5, 5.41) is 9.39.